The lowest BCUT2D eigenvalue weighted by atomic mass is 9.93. The molecule has 0 spiro atoms. The fraction of sp³-hybridized carbons (Fsp3) is 0.386. The Hall–Kier alpha value is -6.59. The summed E-state index contributed by atoms with van der Waals surface area (Å²) >= 11 is 0. The third-order valence-electron chi connectivity index (χ3n) is 11.1. The number of piperidine rings is 1. The van der Waals surface area contributed by atoms with E-state index in [1.165, 1.54) is 9.80 Å². The average Bonchev–Trinajstić information content (AvgIpc) is 3.98. The molecule has 8 rings (SSSR count). The SMILES string of the molecule is CC(C)(C)c1cc(NC(=O)Nc2ccc(-n3cnc4cc(OCCCCC(=O)Nc5cccc6c5CN(C5CCC(=O)N(CN7CCOCC7)C5=O)C6=O)ccc43)cc2)no1. The first-order valence-electron chi connectivity index (χ1n) is 20.5. The van der Waals surface area contributed by atoms with E-state index in [0.29, 0.717) is 85.6 Å². The van der Waals surface area contributed by atoms with E-state index in [-0.39, 0.29) is 61.5 Å². The molecule has 6 amide bonds. The molecular formula is C44H49N9O8. The van der Waals surface area contributed by atoms with E-state index in [4.69, 9.17) is 14.0 Å². The van der Waals surface area contributed by atoms with Gasteiger partial charge in [0.15, 0.2) is 5.82 Å². The molecule has 3 N–H and O–H groups in total. The normalized spacial score (nSPS) is 17.2. The lowest BCUT2D eigenvalue weighted by Crippen LogP contribution is -2.58. The molecule has 0 aliphatic carbocycles. The van der Waals surface area contributed by atoms with Crippen molar-refractivity contribution in [3.8, 4) is 11.4 Å². The first-order valence-corrected chi connectivity index (χ1v) is 20.5. The molecule has 17 heteroatoms. The number of morpholine rings is 1. The zero-order valence-corrected chi connectivity index (χ0v) is 34.4. The average molecular weight is 832 g/mol. The number of carbonyl (C=O) groups is 5. The zero-order valence-electron chi connectivity index (χ0n) is 34.4. The summed E-state index contributed by atoms with van der Waals surface area (Å²) in [6.07, 6.45) is 3.65. The molecule has 3 aliphatic heterocycles. The van der Waals surface area contributed by atoms with Gasteiger partial charge in [-0.2, -0.15) is 0 Å². The van der Waals surface area contributed by atoms with Gasteiger partial charge in [0, 0.05) is 78.2 Å². The standard InChI is InChI=1S/C44H49N9O8/c1-44(2,3)37-24-38(49-61-37)48-43(58)46-28-10-12-29(13-11-28)52-26-45-34-23-30(14-15-35(34)52)60-20-5-4-9-39(54)47-33-8-6-7-31-32(33)25-51(41(31)56)36-16-17-40(55)53(42(36)57)27-50-18-21-59-22-19-50/h6-8,10-15,23-24,26,36H,4-5,9,16-22,25,27H2,1-3H3,(H,47,54)(H2,46,48,49,58). The molecule has 1 unspecified atom stereocenters. The van der Waals surface area contributed by atoms with Crippen LogP contribution in [0.25, 0.3) is 16.7 Å². The van der Waals surface area contributed by atoms with E-state index in [9.17, 15) is 24.0 Å². The fourth-order valence-electron chi connectivity index (χ4n) is 7.67. The number of imidazole rings is 1. The third kappa shape index (κ3) is 9.27. The van der Waals surface area contributed by atoms with Gasteiger partial charge in [-0.25, -0.2) is 9.78 Å². The number of nitrogens with one attached hydrogen (secondary N) is 3. The topological polar surface area (TPSA) is 193 Å². The maximum atomic E-state index is 13.6. The zero-order chi connectivity index (χ0) is 42.7. The number of fused-ring (bicyclic) bond motifs is 2. The Balaban J connectivity index is 0.789. The van der Waals surface area contributed by atoms with Crippen molar-refractivity contribution >= 4 is 57.9 Å². The van der Waals surface area contributed by atoms with Gasteiger partial charge in [-0.3, -0.25) is 38.9 Å². The molecule has 318 valence electrons. The van der Waals surface area contributed by atoms with Gasteiger partial charge < -0.3 is 29.5 Å². The molecule has 3 aliphatic rings. The minimum atomic E-state index is -0.753. The molecule has 61 heavy (non-hydrogen) atoms. The maximum absolute atomic E-state index is 13.6. The van der Waals surface area contributed by atoms with Crippen LogP contribution in [-0.4, -0.2) is 105 Å². The number of likely N-dealkylation sites (tertiary alicyclic amines) is 1. The minimum Gasteiger partial charge on any atom is -0.494 e. The monoisotopic (exact) mass is 831 g/mol. The summed E-state index contributed by atoms with van der Waals surface area (Å²) in [6.45, 7) is 9.11. The number of nitrogens with zero attached hydrogens (tertiary/aromatic N) is 6. The third-order valence-corrected chi connectivity index (χ3v) is 11.1. The molecular weight excluding hydrogens is 783 g/mol. The smallest absolute Gasteiger partial charge is 0.324 e. The highest BCUT2D eigenvalue weighted by Gasteiger charge is 2.43. The number of urea groups is 1. The quantitative estimate of drug-likeness (QED) is 0.0944. The summed E-state index contributed by atoms with van der Waals surface area (Å²) in [5.74, 6) is 0.595. The minimum absolute atomic E-state index is 0.172. The number of carbonyl (C=O) groups excluding carboxylic acids is 5. The maximum Gasteiger partial charge on any atom is 0.324 e. The van der Waals surface area contributed by atoms with Crippen LogP contribution in [0, 0.1) is 0 Å². The van der Waals surface area contributed by atoms with E-state index >= 15 is 0 Å². The number of anilines is 3. The number of imide groups is 1. The largest absolute Gasteiger partial charge is 0.494 e. The number of unbranched alkanes of at least 4 members (excludes halogenated alkanes) is 1. The predicted molar refractivity (Wildman–Crippen MR) is 225 cm³/mol. The van der Waals surface area contributed by atoms with Crippen LogP contribution in [-0.2, 0) is 31.1 Å². The van der Waals surface area contributed by atoms with Crippen LogP contribution in [0.2, 0.25) is 0 Å². The molecule has 1 atom stereocenters. The predicted octanol–water partition coefficient (Wildman–Crippen LogP) is 5.91. The molecule has 3 aromatic carbocycles. The second kappa shape index (κ2) is 17.6. The second-order valence-corrected chi connectivity index (χ2v) is 16.4. The van der Waals surface area contributed by atoms with Gasteiger partial charge in [-0.1, -0.05) is 32.0 Å². The van der Waals surface area contributed by atoms with Crippen molar-refractivity contribution in [3.05, 3.63) is 89.9 Å². The van der Waals surface area contributed by atoms with Crippen molar-refractivity contribution in [2.75, 3.05) is 55.5 Å². The van der Waals surface area contributed by atoms with Crippen LogP contribution in [0.1, 0.15) is 74.6 Å². The van der Waals surface area contributed by atoms with Crippen molar-refractivity contribution in [1.82, 2.24) is 29.4 Å². The van der Waals surface area contributed by atoms with Crippen LogP contribution in [0.3, 0.4) is 0 Å². The molecule has 2 saturated heterocycles. The number of ether oxygens (including phenoxy) is 2. The number of hydrogen-bond acceptors (Lipinski definition) is 11. The van der Waals surface area contributed by atoms with Crippen LogP contribution < -0.4 is 20.7 Å². The van der Waals surface area contributed by atoms with Crippen LogP contribution in [0.5, 0.6) is 5.75 Å². The number of amides is 6. The second-order valence-electron chi connectivity index (χ2n) is 16.4. The van der Waals surface area contributed by atoms with E-state index in [2.05, 4.69) is 26.1 Å². The number of rotatable bonds is 13. The van der Waals surface area contributed by atoms with E-state index < -0.39 is 12.1 Å². The van der Waals surface area contributed by atoms with Crippen molar-refractivity contribution in [2.45, 2.75) is 70.9 Å². The molecule has 2 aromatic heterocycles. The van der Waals surface area contributed by atoms with Gasteiger partial charge in [0.1, 0.15) is 23.9 Å². The highest BCUT2D eigenvalue weighted by Crippen LogP contribution is 2.34. The van der Waals surface area contributed by atoms with Crippen molar-refractivity contribution < 1.29 is 38.0 Å². The molecule has 0 saturated carbocycles. The van der Waals surface area contributed by atoms with Crippen molar-refractivity contribution in [1.29, 1.82) is 0 Å². The van der Waals surface area contributed by atoms with Gasteiger partial charge in [-0.15, -0.1) is 0 Å². The Bertz CT molecular complexity index is 2450. The lowest BCUT2D eigenvalue weighted by Gasteiger charge is -2.38. The van der Waals surface area contributed by atoms with Gasteiger partial charge >= 0.3 is 6.03 Å². The highest BCUT2D eigenvalue weighted by molar-refractivity contribution is 6.07. The summed E-state index contributed by atoms with van der Waals surface area (Å²) < 4.78 is 18.7. The first-order chi connectivity index (χ1) is 29.4. The molecule has 0 radical (unpaired) electrons. The van der Waals surface area contributed by atoms with Crippen LogP contribution in [0.4, 0.5) is 22.0 Å². The molecule has 5 heterocycles. The Labute approximate surface area is 352 Å². The number of aromatic nitrogens is 3. The lowest BCUT2D eigenvalue weighted by molar-refractivity contribution is -0.156. The Morgan fingerprint density at radius 3 is 2.51 bits per heavy atom. The molecule has 5 aromatic rings. The summed E-state index contributed by atoms with van der Waals surface area (Å²) in [4.78, 5) is 74.9. The highest BCUT2D eigenvalue weighted by atomic mass is 16.5. The Morgan fingerprint density at radius 2 is 1.74 bits per heavy atom. The van der Waals surface area contributed by atoms with Gasteiger partial charge in [0.05, 0.1) is 37.5 Å². The summed E-state index contributed by atoms with van der Waals surface area (Å²) in [5.41, 5.74) is 4.53. The van der Waals surface area contributed by atoms with Gasteiger partial charge in [0.2, 0.25) is 11.8 Å². The van der Waals surface area contributed by atoms with Crippen molar-refractivity contribution in [3.63, 3.8) is 0 Å². The first kappa shape index (κ1) is 41.2. The molecule has 17 nitrogen and oxygen atoms in total. The molecule has 0 bridgehead atoms. The van der Waals surface area contributed by atoms with E-state index in [0.717, 1.165) is 16.7 Å². The van der Waals surface area contributed by atoms with E-state index in [1.807, 2.05) is 60.6 Å². The van der Waals surface area contributed by atoms with E-state index in [1.54, 1.807) is 42.7 Å². The summed E-state index contributed by atoms with van der Waals surface area (Å²) in [5, 5.41) is 12.4. The van der Waals surface area contributed by atoms with Crippen molar-refractivity contribution in [2.24, 2.45) is 0 Å². The van der Waals surface area contributed by atoms with Crippen LogP contribution >= 0.6 is 0 Å². The number of benzene rings is 3. The van der Waals surface area contributed by atoms with Gasteiger partial charge in [-0.05, 0) is 67.8 Å². The number of hydrogen-bond donors (Lipinski definition) is 3. The van der Waals surface area contributed by atoms with Crippen LogP contribution in [0.15, 0.2) is 77.6 Å². The Morgan fingerprint density at radius 1 is 0.934 bits per heavy atom. The summed E-state index contributed by atoms with van der Waals surface area (Å²) in [6, 6.07) is 18.8. The summed E-state index contributed by atoms with van der Waals surface area (Å²) in [7, 11) is 0. The molecule has 2 fully saturated rings. The fourth-order valence-corrected chi connectivity index (χ4v) is 7.67. The van der Waals surface area contributed by atoms with Gasteiger partial charge in [0.25, 0.3) is 11.8 Å². The Kier molecular flexibility index (Phi) is 11.8.